The number of hydrogen-bond acceptors (Lipinski definition) is 1. The first-order chi connectivity index (χ1) is 32.0. The Balaban J connectivity index is 0.989. The fourth-order valence-corrected chi connectivity index (χ4v) is 14.0. The Morgan fingerprint density at radius 2 is 0.785 bits per heavy atom. The summed E-state index contributed by atoms with van der Waals surface area (Å²) in [4.78, 5) is 2.41. The van der Waals surface area contributed by atoms with Crippen molar-refractivity contribution >= 4 is 27.8 Å². The predicted octanol–water partition coefficient (Wildman–Crippen LogP) is 16.7. The van der Waals surface area contributed by atoms with E-state index in [-0.39, 0.29) is 10.8 Å². The molecule has 0 N–H and O–H groups in total. The molecule has 2 spiro atoms. The molecule has 2 fully saturated rings. The van der Waals surface area contributed by atoms with Gasteiger partial charge in [0.25, 0.3) is 0 Å². The summed E-state index contributed by atoms with van der Waals surface area (Å²) in [6.07, 6.45) is 5.13. The Morgan fingerprint density at radius 3 is 1.40 bits per heavy atom. The van der Waals surface area contributed by atoms with Crippen LogP contribution in [0.1, 0.15) is 72.9 Å². The fourth-order valence-electron chi connectivity index (χ4n) is 14.0. The van der Waals surface area contributed by atoms with Gasteiger partial charge in [0.05, 0.1) is 5.41 Å². The van der Waals surface area contributed by atoms with Gasteiger partial charge in [0, 0.05) is 22.5 Å². The molecule has 0 unspecified atom stereocenters. The first kappa shape index (κ1) is 38.5. The lowest BCUT2D eigenvalue weighted by atomic mass is 9.41. The van der Waals surface area contributed by atoms with Crippen LogP contribution in [-0.4, -0.2) is 0 Å². The van der Waals surface area contributed by atoms with Gasteiger partial charge < -0.3 is 4.90 Å². The molecule has 9 aromatic rings. The molecule has 65 heavy (non-hydrogen) atoms. The summed E-state index contributed by atoms with van der Waals surface area (Å²) in [6, 6.07) is 80.7. The van der Waals surface area contributed by atoms with Crippen LogP contribution in [0.5, 0.6) is 0 Å². The van der Waals surface area contributed by atoms with Crippen molar-refractivity contribution in [1.29, 1.82) is 0 Å². The Labute approximate surface area is 384 Å². The number of rotatable bonds is 5. The van der Waals surface area contributed by atoms with Crippen molar-refractivity contribution in [3.63, 3.8) is 0 Å². The van der Waals surface area contributed by atoms with Gasteiger partial charge in [0.15, 0.2) is 0 Å². The van der Waals surface area contributed by atoms with Crippen molar-refractivity contribution in [3.8, 4) is 33.4 Å². The molecule has 0 amide bonds. The third kappa shape index (κ3) is 5.64. The van der Waals surface area contributed by atoms with Gasteiger partial charge in [-0.2, -0.15) is 0 Å². The van der Waals surface area contributed by atoms with Gasteiger partial charge in [0.2, 0.25) is 0 Å². The van der Waals surface area contributed by atoms with Crippen LogP contribution in [0, 0.1) is 23.7 Å². The summed E-state index contributed by atoms with van der Waals surface area (Å²) in [5, 5.41) is 2.48. The van der Waals surface area contributed by atoms with Gasteiger partial charge in [-0.05, 0) is 169 Å². The van der Waals surface area contributed by atoms with E-state index in [0.29, 0.717) is 11.8 Å². The molecule has 0 heterocycles. The molecule has 1 heteroatoms. The molecule has 314 valence electrons. The molecule has 0 radical (unpaired) electrons. The lowest BCUT2D eigenvalue weighted by Gasteiger charge is -2.61. The van der Waals surface area contributed by atoms with Crippen LogP contribution in [0.25, 0.3) is 44.2 Å². The molecular weight excluding hydrogens is 783 g/mol. The average Bonchev–Trinajstić information content (AvgIpc) is 3.65. The Bertz CT molecular complexity index is 3190. The second-order valence-corrected chi connectivity index (χ2v) is 19.9. The summed E-state index contributed by atoms with van der Waals surface area (Å²) in [5.41, 5.74) is 19.8. The van der Waals surface area contributed by atoms with Gasteiger partial charge in [-0.15, -0.1) is 0 Å². The fraction of sp³-hybridized carbons (Fsp3) is 0.188. The standard InChI is InChI=1S/C64H53N/c1-42-36-50-38-43(2)39-51(37-42)63(50)59-22-12-13-23-60(59)64(57-20-10-8-18-55(57)56-19-9-11-21-58(56)64)61-35-29-49(41-62(61)63)47-26-32-53(33-27-47)65(54-34-28-45-16-6-7-17-48(45)40-54)52-30-24-46(25-31-52)44-14-4-3-5-15-44/h3-35,40-43,50-51H,36-39H2,1-2H3/t42-,43+,50+,51?,63?. The minimum Gasteiger partial charge on any atom is -0.310 e. The minimum atomic E-state index is -0.383. The zero-order chi connectivity index (χ0) is 43.3. The highest BCUT2D eigenvalue weighted by atomic mass is 15.1. The van der Waals surface area contributed by atoms with E-state index >= 15 is 0 Å². The van der Waals surface area contributed by atoms with Crippen molar-refractivity contribution in [2.45, 2.75) is 50.4 Å². The topological polar surface area (TPSA) is 3.24 Å². The van der Waals surface area contributed by atoms with Gasteiger partial charge >= 0.3 is 0 Å². The molecule has 1 nitrogen and oxygen atoms in total. The SMILES string of the molecule is C[C@H]1CC2C[C@@H](C)C[C@H](C1)C21c2ccccc2C2(c3ccccc3-c3ccccc32)c2ccc(-c3ccc(N(c4ccc(-c5ccccc5)cc4)c4ccc5ccccc5c4)cc3)cc21. The van der Waals surface area contributed by atoms with E-state index in [1.165, 1.54) is 92.1 Å². The molecule has 0 saturated heterocycles. The summed E-state index contributed by atoms with van der Waals surface area (Å²) in [6.45, 7) is 5.06. The molecule has 4 aliphatic rings. The van der Waals surface area contributed by atoms with Crippen LogP contribution in [-0.2, 0) is 10.8 Å². The quantitative estimate of drug-likeness (QED) is 0.167. The smallest absolute Gasteiger partial charge is 0.0719 e. The molecular formula is C64H53N. The Hall–Kier alpha value is -6.96. The van der Waals surface area contributed by atoms with E-state index in [1.54, 1.807) is 11.1 Å². The lowest BCUT2D eigenvalue weighted by Crippen LogP contribution is -2.56. The predicted molar refractivity (Wildman–Crippen MR) is 271 cm³/mol. The van der Waals surface area contributed by atoms with Gasteiger partial charge in [-0.1, -0.05) is 184 Å². The van der Waals surface area contributed by atoms with E-state index in [9.17, 15) is 0 Å². The van der Waals surface area contributed by atoms with Crippen LogP contribution < -0.4 is 4.90 Å². The molecule has 4 aliphatic carbocycles. The highest BCUT2D eigenvalue weighted by Crippen LogP contribution is 2.69. The van der Waals surface area contributed by atoms with Crippen molar-refractivity contribution < 1.29 is 0 Å². The summed E-state index contributed by atoms with van der Waals surface area (Å²) >= 11 is 0. The molecule has 2 saturated carbocycles. The van der Waals surface area contributed by atoms with Crippen molar-refractivity contribution in [2.75, 3.05) is 4.90 Å². The number of nitrogens with zero attached hydrogens (tertiary/aromatic N) is 1. The van der Waals surface area contributed by atoms with Crippen molar-refractivity contribution in [1.82, 2.24) is 0 Å². The number of benzene rings is 9. The third-order valence-electron chi connectivity index (χ3n) is 16.3. The number of fused-ring (bicyclic) bond motifs is 10. The molecule has 9 aromatic carbocycles. The van der Waals surface area contributed by atoms with Crippen LogP contribution in [0.15, 0.2) is 212 Å². The van der Waals surface area contributed by atoms with Crippen LogP contribution in [0.2, 0.25) is 0 Å². The van der Waals surface area contributed by atoms with E-state index in [1.807, 2.05) is 0 Å². The zero-order valence-corrected chi connectivity index (χ0v) is 37.3. The zero-order valence-electron chi connectivity index (χ0n) is 37.3. The maximum atomic E-state index is 2.68. The van der Waals surface area contributed by atoms with E-state index in [4.69, 9.17) is 0 Å². The molecule has 0 aliphatic heterocycles. The van der Waals surface area contributed by atoms with E-state index in [0.717, 1.165) is 28.9 Å². The maximum Gasteiger partial charge on any atom is 0.0719 e. The minimum absolute atomic E-state index is 0.0442. The highest BCUT2D eigenvalue weighted by Gasteiger charge is 2.62. The summed E-state index contributed by atoms with van der Waals surface area (Å²) < 4.78 is 0. The maximum absolute atomic E-state index is 2.68. The van der Waals surface area contributed by atoms with Gasteiger partial charge in [0.1, 0.15) is 0 Å². The van der Waals surface area contributed by atoms with Gasteiger partial charge in [-0.25, -0.2) is 0 Å². The van der Waals surface area contributed by atoms with E-state index < -0.39 is 0 Å². The second-order valence-electron chi connectivity index (χ2n) is 19.9. The monoisotopic (exact) mass is 835 g/mol. The normalized spacial score (nSPS) is 21.9. The largest absolute Gasteiger partial charge is 0.310 e. The van der Waals surface area contributed by atoms with Crippen LogP contribution in [0.3, 0.4) is 0 Å². The third-order valence-corrected chi connectivity index (χ3v) is 16.3. The first-order valence-corrected chi connectivity index (χ1v) is 24.0. The molecule has 0 aromatic heterocycles. The Kier molecular flexibility index (Phi) is 8.76. The molecule has 2 bridgehead atoms. The first-order valence-electron chi connectivity index (χ1n) is 24.0. The second kappa shape index (κ2) is 14.8. The Morgan fingerprint density at radius 1 is 0.338 bits per heavy atom. The van der Waals surface area contributed by atoms with Crippen LogP contribution in [0.4, 0.5) is 17.1 Å². The van der Waals surface area contributed by atoms with Gasteiger partial charge in [-0.3, -0.25) is 0 Å². The summed E-state index contributed by atoms with van der Waals surface area (Å²) in [7, 11) is 0. The lowest BCUT2D eigenvalue weighted by molar-refractivity contribution is 0.0238. The highest BCUT2D eigenvalue weighted by molar-refractivity contribution is 5.91. The van der Waals surface area contributed by atoms with Crippen molar-refractivity contribution in [3.05, 3.63) is 246 Å². The number of anilines is 3. The molecule has 0 atom stereocenters. The van der Waals surface area contributed by atoms with Crippen LogP contribution >= 0.6 is 0 Å². The average molecular weight is 836 g/mol. The summed E-state index contributed by atoms with van der Waals surface area (Å²) in [5.74, 6) is 2.65. The number of hydrogen-bond donors (Lipinski definition) is 0. The molecule has 13 rings (SSSR count). The van der Waals surface area contributed by atoms with E-state index in [2.05, 4.69) is 231 Å². The van der Waals surface area contributed by atoms with Crippen molar-refractivity contribution in [2.24, 2.45) is 23.7 Å².